The van der Waals surface area contributed by atoms with E-state index in [0.717, 1.165) is 12.8 Å². The van der Waals surface area contributed by atoms with Crippen molar-refractivity contribution in [3.63, 3.8) is 0 Å². The number of amides is 1. The molecule has 0 saturated carbocycles. The van der Waals surface area contributed by atoms with Gasteiger partial charge in [-0.25, -0.2) is 0 Å². The minimum Gasteiger partial charge on any atom is -0.506 e. The van der Waals surface area contributed by atoms with Crippen LogP contribution in [0.2, 0.25) is 0 Å². The Balaban J connectivity index is 1.71. The van der Waals surface area contributed by atoms with Gasteiger partial charge in [0.1, 0.15) is 5.75 Å². The highest BCUT2D eigenvalue weighted by molar-refractivity contribution is 9.11. The summed E-state index contributed by atoms with van der Waals surface area (Å²) in [5.41, 5.74) is 6.83. The van der Waals surface area contributed by atoms with Gasteiger partial charge in [0.15, 0.2) is 5.11 Å². The van der Waals surface area contributed by atoms with E-state index in [1.807, 2.05) is 18.2 Å². The normalized spacial score (nSPS) is 10.2. The predicted octanol–water partition coefficient (Wildman–Crippen LogP) is 3.66. The van der Waals surface area contributed by atoms with Gasteiger partial charge < -0.3 is 10.4 Å². The fourth-order valence-electron chi connectivity index (χ4n) is 2.07. The van der Waals surface area contributed by atoms with Gasteiger partial charge >= 0.3 is 0 Å². The van der Waals surface area contributed by atoms with Crippen molar-refractivity contribution in [2.75, 3.05) is 6.54 Å². The van der Waals surface area contributed by atoms with Crippen LogP contribution in [0.3, 0.4) is 0 Å². The number of rotatable bonds is 5. The highest BCUT2D eigenvalue weighted by atomic mass is 79.9. The quantitative estimate of drug-likeness (QED) is 0.295. The molecule has 0 heterocycles. The molecule has 0 bridgehead atoms. The fourth-order valence-corrected chi connectivity index (χ4v) is 3.41. The lowest BCUT2D eigenvalue weighted by Crippen LogP contribution is -2.47. The van der Waals surface area contributed by atoms with E-state index in [4.69, 9.17) is 12.2 Å². The van der Waals surface area contributed by atoms with Crippen LogP contribution in [-0.2, 0) is 6.42 Å². The third kappa shape index (κ3) is 6.30. The van der Waals surface area contributed by atoms with Gasteiger partial charge in [0, 0.05) is 12.1 Å². The molecule has 5 nitrogen and oxygen atoms in total. The van der Waals surface area contributed by atoms with Crippen LogP contribution in [0.1, 0.15) is 22.3 Å². The molecule has 0 aliphatic heterocycles. The Kier molecular flexibility index (Phi) is 7.67. The molecule has 2 aromatic carbocycles. The molecule has 132 valence electrons. The van der Waals surface area contributed by atoms with Crippen LogP contribution >= 0.6 is 44.1 Å². The second-order valence-corrected chi connectivity index (χ2v) is 7.33. The zero-order valence-corrected chi connectivity index (χ0v) is 17.2. The van der Waals surface area contributed by atoms with Gasteiger partial charge in [0.25, 0.3) is 5.91 Å². The largest absolute Gasteiger partial charge is 0.506 e. The number of carbonyl (C=O) groups excluding carboxylic acids is 1. The minimum absolute atomic E-state index is 0.0418. The molecule has 1 amide bonds. The van der Waals surface area contributed by atoms with Crippen LogP contribution in [0.5, 0.6) is 5.75 Å². The Morgan fingerprint density at radius 2 is 1.72 bits per heavy atom. The Morgan fingerprint density at radius 1 is 1.08 bits per heavy atom. The van der Waals surface area contributed by atoms with Crippen molar-refractivity contribution in [2.24, 2.45) is 0 Å². The van der Waals surface area contributed by atoms with Crippen LogP contribution in [0, 0.1) is 0 Å². The third-order valence-corrected chi connectivity index (χ3v) is 4.79. The molecule has 8 heteroatoms. The molecule has 2 aromatic rings. The summed E-state index contributed by atoms with van der Waals surface area (Å²) >= 11 is 11.5. The average molecular weight is 487 g/mol. The number of aromatic hydroxyl groups is 1. The molecule has 0 atom stereocenters. The maximum atomic E-state index is 12.1. The number of hydrazine groups is 1. The molecular formula is C17H17Br2N3O2S. The van der Waals surface area contributed by atoms with Gasteiger partial charge in [0.05, 0.1) is 8.95 Å². The Hall–Kier alpha value is -1.64. The predicted molar refractivity (Wildman–Crippen MR) is 109 cm³/mol. The van der Waals surface area contributed by atoms with Gasteiger partial charge in [-0.3, -0.25) is 15.6 Å². The molecule has 0 saturated heterocycles. The van der Waals surface area contributed by atoms with E-state index in [1.54, 1.807) is 0 Å². The van der Waals surface area contributed by atoms with Crippen LogP contribution in [0.4, 0.5) is 0 Å². The molecule has 0 unspecified atom stereocenters. The smallest absolute Gasteiger partial charge is 0.269 e. The molecule has 0 aliphatic rings. The second-order valence-electron chi connectivity index (χ2n) is 5.21. The van der Waals surface area contributed by atoms with E-state index < -0.39 is 0 Å². The van der Waals surface area contributed by atoms with E-state index in [0.29, 0.717) is 26.2 Å². The maximum absolute atomic E-state index is 12.1. The lowest BCUT2D eigenvalue weighted by Gasteiger charge is -2.12. The number of hydrogen-bond donors (Lipinski definition) is 4. The second kappa shape index (κ2) is 9.74. The van der Waals surface area contributed by atoms with Crippen molar-refractivity contribution in [2.45, 2.75) is 12.8 Å². The van der Waals surface area contributed by atoms with Crippen LogP contribution in [0.25, 0.3) is 0 Å². The minimum atomic E-state index is -0.366. The summed E-state index contributed by atoms with van der Waals surface area (Å²) in [7, 11) is 0. The van der Waals surface area contributed by atoms with Crippen molar-refractivity contribution < 1.29 is 9.90 Å². The first-order valence-corrected chi connectivity index (χ1v) is 9.53. The number of hydrogen-bond acceptors (Lipinski definition) is 3. The topological polar surface area (TPSA) is 73.4 Å². The molecule has 2 rings (SSSR count). The van der Waals surface area contributed by atoms with Gasteiger partial charge in [-0.05, 0) is 74.6 Å². The van der Waals surface area contributed by atoms with Gasteiger partial charge in [-0.2, -0.15) is 0 Å². The van der Waals surface area contributed by atoms with Gasteiger partial charge in [-0.15, -0.1) is 0 Å². The van der Waals surface area contributed by atoms with Crippen molar-refractivity contribution >= 4 is 55.1 Å². The molecule has 0 aliphatic carbocycles. The monoisotopic (exact) mass is 485 g/mol. The standard InChI is InChI=1S/C17H17Br2N3O2S/c18-13-9-12(10-14(19)15(13)23)16(24)21-22-17(25)20-8-4-7-11-5-2-1-3-6-11/h1-3,5-6,9-10,23H,4,7-8H2,(H,21,24)(H2,20,22,25). The SMILES string of the molecule is O=C(NNC(=S)NCCCc1ccccc1)c1cc(Br)c(O)c(Br)c1. The fraction of sp³-hybridized carbons (Fsp3) is 0.176. The van der Waals surface area contributed by atoms with Gasteiger partial charge in [0.2, 0.25) is 0 Å². The number of aryl methyl sites for hydroxylation is 1. The Labute approximate surface area is 168 Å². The van der Waals surface area contributed by atoms with Crippen LogP contribution in [-0.4, -0.2) is 22.7 Å². The van der Waals surface area contributed by atoms with E-state index >= 15 is 0 Å². The molecule has 25 heavy (non-hydrogen) atoms. The zero-order valence-electron chi connectivity index (χ0n) is 13.2. The maximum Gasteiger partial charge on any atom is 0.269 e. The summed E-state index contributed by atoms with van der Waals surface area (Å²) < 4.78 is 0.849. The van der Waals surface area contributed by atoms with E-state index in [9.17, 15) is 9.90 Å². The number of phenols is 1. The summed E-state index contributed by atoms with van der Waals surface area (Å²) in [6, 6.07) is 13.2. The van der Waals surface area contributed by atoms with E-state index in [1.165, 1.54) is 17.7 Å². The number of nitrogens with one attached hydrogen (secondary N) is 3. The summed E-state index contributed by atoms with van der Waals surface area (Å²) in [5, 5.41) is 13.0. The first-order chi connectivity index (χ1) is 12.0. The lowest BCUT2D eigenvalue weighted by molar-refractivity contribution is 0.0943. The van der Waals surface area contributed by atoms with E-state index in [-0.39, 0.29) is 11.7 Å². The van der Waals surface area contributed by atoms with E-state index in [2.05, 4.69) is 60.2 Å². The van der Waals surface area contributed by atoms with Crippen molar-refractivity contribution in [1.82, 2.24) is 16.2 Å². The number of phenolic OH excluding ortho intramolecular Hbond substituents is 1. The molecule has 4 N–H and O–H groups in total. The first kappa shape index (κ1) is 19.7. The summed E-state index contributed by atoms with van der Waals surface area (Å²) in [5.74, 6) is -0.324. The first-order valence-electron chi connectivity index (χ1n) is 7.53. The highest BCUT2D eigenvalue weighted by Gasteiger charge is 2.11. The zero-order chi connectivity index (χ0) is 18.2. The third-order valence-electron chi connectivity index (χ3n) is 3.34. The number of thiocarbonyl (C=S) groups is 1. The average Bonchev–Trinajstić information content (AvgIpc) is 2.61. The van der Waals surface area contributed by atoms with Crippen molar-refractivity contribution in [3.05, 3.63) is 62.5 Å². The number of halogens is 2. The molecule has 0 radical (unpaired) electrons. The Bertz CT molecular complexity index is 734. The Morgan fingerprint density at radius 3 is 2.36 bits per heavy atom. The van der Waals surface area contributed by atoms with Gasteiger partial charge in [-0.1, -0.05) is 30.3 Å². The highest BCUT2D eigenvalue weighted by Crippen LogP contribution is 2.33. The molecular weight excluding hydrogens is 470 g/mol. The number of carbonyl (C=O) groups is 1. The van der Waals surface area contributed by atoms with Crippen molar-refractivity contribution in [3.8, 4) is 5.75 Å². The number of benzene rings is 2. The van der Waals surface area contributed by atoms with Crippen LogP contribution in [0.15, 0.2) is 51.4 Å². The summed E-state index contributed by atoms with van der Waals surface area (Å²) in [6.07, 6.45) is 1.88. The van der Waals surface area contributed by atoms with Crippen LogP contribution < -0.4 is 16.2 Å². The molecule has 0 aromatic heterocycles. The molecule has 0 spiro atoms. The van der Waals surface area contributed by atoms with Crippen molar-refractivity contribution in [1.29, 1.82) is 0 Å². The summed E-state index contributed by atoms with van der Waals surface area (Å²) in [4.78, 5) is 12.1. The lowest BCUT2D eigenvalue weighted by atomic mass is 10.1. The molecule has 0 fully saturated rings. The summed E-state index contributed by atoms with van der Waals surface area (Å²) in [6.45, 7) is 0.701.